The van der Waals surface area contributed by atoms with E-state index in [0.717, 1.165) is 11.1 Å². The topological polar surface area (TPSA) is 41.1 Å². The molecular weight excluding hydrogens is 260 g/mol. The van der Waals surface area contributed by atoms with Crippen LogP contribution in [0, 0.1) is 0 Å². The summed E-state index contributed by atoms with van der Waals surface area (Å²) in [5.41, 5.74) is 7.95. The van der Waals surface area contributed by atoms with Gasteiger partial charge in [-0.25, -0.2) is 5.43 Å². The molecule has 1 fully saturated rings. The van der Waals surface area contributed by atoms with E-state index in [1.165, 1.54) is 0 Å². The molecule has 3 nitrogen and oxygen atoms in total. The molecule has 1 aliphatic heterocycles. The molecule has 0 aromatic heterocycles. The summed E-state index contributed by atoms with van der Waals surface area (Å²) in [5.74, 6) is -0.149. The quantitative estimate of drug-likeness (QED) is 0.884. The molecule has 1 heterocycles. The minimum absolute atomic E-state index is 0. The van der Waals surface area contributed by atoms with Gasteiger partial charge in [0, 0.05) is 0 Å². The Morgan fingerprint density at radius 3 is 1.89 bits per heavy atom. The van der Waals surface area contributed by atoms with Gasteiger partial charge in [-0.2, -0.15) is 0 Å². The normalized spacial score (nSPS) is 21.6. The highest BCUT2D eigenvalue weighted by atomic mass is 35.5. The highest BCUT2D eigenvalue weighted by Crippen LogP contribution is 2.33. The largest absolute Gasteiger partial charge is 0.290 e. The predicted molar refractivity (Wildman–Crippen MR) is 76.9 cm³/mol. The molecule has 0 unspecified atom stereocenters. The maximum Gasteiger partial charge on any atom is 0.243 e. The third-order valence-corrected chi connectivity index (χ3v) is 3.28. The maximum absolute atomic E-state index is 12.0. The Hall–Kier alpha value is -1.84. The average molecular weight is 275 g/mol. The number of hydrogen-bond acceptors (Lipinski definition) is 2. The molecular formula is C15H15ClN2O. The van der Waals surface area contributed by atoms with Gasteiger partial charge in [-0.15, -0.1) is 12.4 Å². The molecule has 3 rings (SSSR count). The van der Waals surface area contributed by atoms with Gasteiger partial charge in [0.1, 0.15) is 0 Å². The number of rotatable bonds is 2. The standard InChI is InChI=1S/C15H14N2O.ClH/c18-15-13(11-7-3-1-4-8-11)14(16-17-15)12-9-5-2-6-10-12;/h1-10,13-14,16H,(H,17,18);1H/t13-,14-;/m0./s1. The highest BCUT2D eigenvalue weighted by molar-refractivity contribution is 5.86. The molecule has 1 amide bonds. The van der Waals surface area contributed by atoms with Gasteiger partial charge in [-0.1, -0.05) is 60.7 Å². The van der Waals surface area contributed by atoms with Gasteiger partial charge in [-0.3, -0.25) is 10.2 Å². The fraction of sp³-hybridized carbons (Fsp3) is 0.133. The number of carbonyl (C=O) groups is 1. The third-order valence-electron chi connectivity index (χ3n) is 3.28. The monoisotopic (exact) mass is 274 g/mol. The Labute approximate surface area is 118 Å². The van der Waals surface area contributed by atoms with Crippen LogP contribution in [0.15, 0.2) is 60.7 Å². The van der Waals surface area contributed by atoms with Crippen LogP contribution in [0.25, 0.3) is 0 Å². The Kier molecular flexibility index (Phi) is 4.20. The molecule has 1 saturated heterocycles. The van der Waals surface area contributed by atoms with Crippen molar-refractivity contribution in [2.24, 2.45) is 0 Å². The molecule has 0 saturated carbocycles. The van der Waals surface area contributed by atoms with Crippen molar-refractivity contribution in [2.45, 2.75) is 12.0 Å². The van der Waals surface area contributed by atoms with Crippen molar-refractivity contribution in [1.82, 2.24) is 10.9 Å². The lowest BCUT2D eigenvalue weighted by atomic mass is 9.88. The van der Waals surface area contributed by atoms with Crippen LogP contribution in [0.2, 0.25) is 0 Å². The van der Waals surface area contributed by atoms with Crippen LogP contribution in [0.4, 0.5) is 0 Å². The van der Waals surface area contributed by atoms with Gasteiger partial charge in [0.15, 0.2) is 0 Å². The van der Waals surface area contributed by atoms with Crippen molar-refractivity contribution in [3.05, 3.63) is 71.8 Å². The number of benzene rings is 2. The molecule has 2 N–H and O–H groups in total. The van der Waals surface area contributed by atoms with E-state index in [9.17, 15) is 4.79 Å². The number of hydrazine groups is 1. The summed E-state index contributed by atoms with van der Waals surface area (Å²) >= 11 is 0. The van der Waals surface area contributed by atoms with Gasteiger partial charge < -0.3 is 0 Å². The Morgan fingerprint density at radius 2 is 1.32 bits per heavy atom. The van der Waals surface area contributed by atoms with E-state index < -0.39 is 0 Å². The van der Waals surface area contributed by atoms with Gasteiger partial charge >= 0.3 is 0 Å². The lowest BCUT2D eigenvalue weighted by Gasteiger charge is -2.17. The van der Waals surface area contributed by atoms with E-state index >= 15 is 0 Å². The van der Waals surface area contributed by atoms with Crippen molar-refractivity contribution >= 4 is 18.3 Å². The van der Waals surface area contributed by atoms with Crippen LogP contribution in [-0.2, 0) is 4.79 Å². The first-order chi connectivity index (χ1) is 8.86. The van der Waals surface area contributed by atoms with E-state index in [1.807, 2.05) is 60.7 Å². The summed E-state index contributed by atoms with van der Waals surface area (Å²) in [6.07, 6.45) is 0. The highest BCUT2D eigenvalue weighted by Gasteiger charge is 2.36. The van der Waals surface area contributed by atoms with Crippen LogP contribution in [0.3, 0.4) is 0 Å². The van der Waals surface area contributed by atoms with Crippen molar-refractivity contribution in [2.75, 3.05) is 0 Å². The van der Waals surface area contributed by atoms with Crippen LogP contribution < -0.4 is 10.9 Å². The molecule has 2 atom stereocenters. The molecule has 2 aromatic rings. The summed E-state index contributed by atoms with van der Waals surface area (Å²) < 4.78 is 0. The molecule has 0 spiro atoms. The summed E-state index contributed by atoms with van der Waals surface area (Å²) in [7, 11) is 0. The molecule has 19 heavy (non-hydrogen) atoms. The van der Waals surface area contributed by atoms with E-state index in [0.29, 0.717) is 0 Å². The SMILES string of the molecule is Cl.O=C1NN[C@@H](c2ccccc2)[C@@H]1c1ccccc1. The maximum atomic E-state index is 12.0. The summed E-state index contributed by atoms with van der Waals surface area (Å²) in [4.78, 5) is 12.0. The van der Waals surface area contributed by atoms with Crippen LogP contribution in [0.1, 0.15) is 23.1 Å². The zero-order valence-electron chi connectivity index (χ0n) is 10.2. The Morgan fingerprint density at radius 1 is 0.789 bits per heavy atom. The first kappa shape index (κ1) is 13.6. The van der Waals surface area contributed by atoms with Gasteiger partial charge in [0.2, 0.25) is 5.91 Å². The zero-order chi connectivity index (χ0) is 12.4. The van der Waals surface area contributed by atoms with Gasteiger partial charge in [0.05, 0.1) is 12.0 Å². The second kappa shape index (κ2) is 5.87. The molecule has 2 aromatic carbocycles. The molecule has 1 aliphatic rings. The Balaban J connectivity index is 0.00000133. The molecule has 0 radical (unpaired) electrons. The Bertz CT molecular complexity index is 545. The molecule has 98 valence electrons. The average Bonchev–Trinajstić information content (AvgIpc) is 2.83. The molecule has 0 aliphatic carbocycles. The number of halogens is 1. The summed E-state index contributed by atoms with van der Waals surface area (Å²) in [6, 6.07) is 19.9. The second-order valence-corrected chi connectivity index (χ2v) is 4.41. The fourth-order valence-corrected chi connectivity index (χ4v) is 2.40. The third kappa shape index (κ3) is 2.62. The molecule has 0 bridgehead atoms. The number of nitrogens with one attached hydrogen (secondary N) is 2. The van der Waals surface area contributed by atoms with E-state index in [2.05, 4.69) is 10.9 Å². The van der Waals surface area contributed by atoms with Crippen molar-refractivity contribution in [3.8, 4) is 0 Å². The van der Waals surface area contributed by atoms with Crippen LogP contribution in [-0.4, -0.2) is 5.91 Å². The lowest BCUT2D eigenvalue weighted by molar-refractivity contribution is -0.120. The number of hydrogen-bond donors (Lipinski definition) is 2. The zero-order valence-corrected chi connectivity index (χ0v) is 11.1. The minimum Gasteiger partial charge on any atom is -0.290 e. The fourth-order valence-electron chi connectivity index (χ4n) is 2.40. The summed E-state index contributed by atoms with van der Waals surface area (Å²) in [6.45, 7) is 0. The van der Waals surface area contributed by atoms with Crippen LogP contribution >= 0.6 is 12.4 Å². The first-order valence-corrected chi connectivity index (χ1v) is 6.01. The number of amides is 1. The predicted octanol–water partition coefficient (Wildman–Crippen LogP) is 2.57. The second-order valence-electron chi connectivity index (χ2n) is 4.41. The minimum atomic E-state index is -0.173. The number of carbonyl (C=O) groups excluding carboxylic acids is 1. The lowest BCUT2D eigenvalue weighted by Crippen LogP contribution is -2.27. The van der Waals surface area contributed by atoms with Crippen molar-refractivity contribution < 1.29 is 4.79 Å². The van der Waals surface area contributed by atoms with Gasteiger partial charge in [0.25, 0.3) is 0 Å². The van der Waals surface area contributed by atoms with Crippen LogP contribution in [0.5, 0.6) is 0 Å². The summed E-state index contributed by atoms with van der Waals surface area (Å²) in [5, 5.41) is 0. The van der Waals surface area contributed by atoms with E-state index in [4.69, 9.17) is 0 Å². The van der Waals surface area contributed by atoms with E-state index in [1.54, 1.807) is 0 Å². The van der Waals surface area contributed by atoms with Crippen molar-refractivity contribution in [1.29, 1.82) is 0 Å². The molecule has 4 heteroatoms. The van der Waals surface area contributed by atoms with Gasteiger partial charge in [-0.05, 0) is 11.1 Å². The van der Waals surface area contributed by atoms with E-state index in [-0.39, 0.29) is 30.3 Å². The van der Waals surface area contributed by atoms with Crippen molar-refractivity contribution in [3.63, 3.8) is 0 Å². The first-order valence-electron chi connectivity index (χ1n) is 6.01. The smallest absolute Gasteiger partial charge is 0.243 e.